The highest BCUT2D eigenvalue weighted by molar-refractivity contribution is 6.33. The molecule has 1 aromatic rings. The Kier molecular flexibility index (Phi) is 6.01. The number of carbonyl (C=O) groups is 2. The highest BCUT2D eigenvalue weighted by atomic mass is 35.5. The largest absolute Gasteiger partial charge is 0.467 e. The van der Waals surface area contributed by atoms with Gasteiger partial charge in [-0.2, -0.15) is 5.26 Å². The minimum atomic E-state index is -0.876. The van der Waals surface area contributed by atoms with E-state index >= 15 is 0 Å². The Balaban J connectivity index is 2.85. The van der Waals surface area contributed by atoms with Crippen molar-refractivity contribution < 1.29 is 14.3 Å². The minimum Gasteiger partial charge on any atom is -0.467 e. The number of halogens is 1. The fourth-order valence-electron chi connectivity index (χ4n) is 1.64. The summed E-state index contributed by atoms with van der Waals surface area (Å²) in [6.07, 6.45) is 0.180. The fraction of sp³-hybridized carbons (Fsp3) is 0.357. The average Bonchev–Trinajstić information content (AvgIpc) is 2.45. The summed E-state index contributed by atoms with van der Waals surface area (Å²) in [7, 11) is 1.23. The summed E-state index contributed by atoms with van der Waals surface area (Å²) in [6, 6.07) is 7.65. The third kappa shape index (κ3) is 4.25. The van der Waals surface area contributed by atoms with Crippen molar-refractivity contribution >= 4 is 23.5 Å². The van der Waals surface area contributed by atoms with Crippen molar-refractivity contribution in [3.8, 4) is 6.07 Å². The van der Waals surface area contributed by atoms with E-state index in [0.717, 1.165) is 0 Å². The zero-order valence-electron chi connectivity index (χ0n) is 11.2. The van der Waals surface area contributed by atoms with Gasteiger partial charge in [-0.1, -0.05) is 23.7 Å². The molecule has 0 aliphatic carbocycles. The Hall–Kier alpha value is -2.06. The number of methoxy groups -OCH3 is 1. The summed E-state index contributed by atoms with van der Waals surface area (Å²) in [5, 5.41) is 11.6. The first kappa shape index (κ1) is 16.0. The lowest BCUT2D eigenvalue weighted by atomic mass is 10.0. The van der Waals surface area contributed by atoms with Gasteiger partial charge in [0.1, 0.15) is 6.04 Å². The predicted molar refractivity (Wildman–Crippen MR) is 74.1 cm³/mol. The maximum absolute atomic E-state index is 12.1. The van der Waals surface area contributed by atoms with Crippen LogP contribution in [-0.4, -0.2) is 25.0 Å². The van der Waals surface area contributed by atoms with Crippen molar-refractivity contribution in [3.05, 3.63) is 34.9 Å². The highest BCUT2D eigenvalue weighted by Gasteiger charge is 2.25. The lowest BCUT2D eigenvalue weighted by Gasteiger charge is -2.17. The van der Waals surface area contributed by atoms with Gasteiger partial charge in [-0.15, -0.1) is 0 Å². The van der Waals surface area contributed by atoms with E-state index in [2.05, 4.69) is 10.1 Å². The van der Waals surface area contributed by atoms with E-state index < -0.39 is 17.9 Å². The molecule has 0 unspecified atom stereocenters. The van der Waals surface area contributed by atoms with E-state index in [-0.39, 0.29) is 17.9 Å². The monoisotopic (exact) mass is 294 g/mol. The molecule has 0 aliphatic rings. The van der Waals surface area contributed by atoms with Crippen molar-refractivity contribution in [2.24, 2.45) is 5.92 Å². The third-order valence-electron chi connectivity index (χ3n) is 2.72. The molecule has 20 heavy (non-hydrogen) atoms. The lowest BCUT2D eigenvalue weighted by molar-refractivity contribution is -0.143. The van der Waals surface area contributed by atoms with Gasteiger partial charge in [-0.3, -0.25) is 4.79 Å². The standard InChI is InChI=1S/C14H15ClN2O3/c1-9(8-16)7-12(14(19)20-2)17-13(18)10-5-3-4-6-11(10)15/h3-6,9,12H,7H2,1-2H3,(H,17,18)/t9-,12+/m0/s1. The Labute approximate surface area is 122 Å². The van der Waals surface area contributed by atoms with E-state index in [1.54, 1.807) is 31.2 Å². The highest BCUT2D eigenvalue weighted by Crippen LogP contribution is 2.15. The Bertz CT molecular complexity index is 539. The van der Waals surface area contributed by atoms with Crippen LogP contribution in [0, 0.1) is 17.2 Å². The van der Waals surface area contributed by atoms with Crippen LogP contribution in [0.15, 0.2) is 24.3 Å². The molecular formula is C14H15ClN2O3. The number of amides is 1. The topological polar surface area (TPSA) is 79.2 Å². The van der Waals surface area contributed by atoms with Crippen LogP contribution in [0.5, 0.6) is 0 Å². The molecule has 1 aromatic carbocycles. The van der Waals surface area contributed by atoms with Crippen LogP contribution in [0.4, 0.5) is 0 Å². The molecular weight excluding hydrogens is 280 g/mol. The molecule has 1 N–H and O–H groups in total. The van der Waals surface area contributed by atoms with Crippen molar-refractivity contribution in [3.63, 3.8) is 0 Å². The fourth-order valence-corrected chi connectivity index (χ4v) is 1.87. The summed E-state index contributed by atoms with van der Waals surface area (Å²) in [5.74, 6) is -1.45. The minimum absolute atomic E-state index is 0.180. The number of nitrogens with one attached hydrogen (secondary N) is 1. The van der Waals surface area contributed by atoms with Crippen LogP contribution in [0.2, 0.25) is 5.02 Å². The number of hydrogen-bond donors (Lipinski definition) is 1. The molecule has 6 heteroatoms. The SMILES string of the molecule is COC(=O)[C@@H](C[C@H](C)C#N)NC(=O)c1ccccc1Cl. The Morgan fingerprint density at radius 3 is 2.65 bits per heavy atom. The van der Waals surface area contributed by atoms with Gasteiger partial charge >= 0.3 is 5.97 Å². The van der Waals surface area contributed by atoms with E-state index in [9.17, 15) is 9.59 Å². The summed E-state index contributed by atoms with van der Waals surface area (Å²) >= 11 is 5.92. The molecule has 0 aliphatic heterocycles. The lowest BCUT2D eigenvalue weighted by Crippen LogP contribution is -2.42. The molecule has 0 radical (unpaired) electrons. The number of carbonyl (C=O) groups excluding carboxylic acids is 2. The molecule has 0 heterocycles. The van der Waals surface area contributed by atoms with Crippen LogP contribution in [0.1, 0.15) is 23.7 Å². The van der Waals surface area contributed by atoms with E-state index in [4.69, 9.17) is 16.9 Å². The van der Waals surface area contributed by atoms with Gasteiger partial charge in [0, 0.05) is 5.92 Å². The van der Waals surface area contributed by atoms with Gasteiger partial charge < -0.3 is 10.1 Å². The van der Waals surface area contributed by atoms with Gasteiger partial charge in [0.05, 0.1) is 23.8 Å². The van der Waals surface area contributed by atoms with Crippen LogP contribution in [-0.2, 0) is 9.53 Å². The molecule has 1 rings (SSSR count). The van der Waals surface area contributed by atoms with E-state index in [0.29, 0.717) is 5.02 Å². The third-order valence-corrected chi connectivity index (χ3v) is 3.05. The molecule has 0 bridgehead atoms. The number of nitrogens with zero attached hydrogens (tertiary/aromatic N) is 1. The predicted octanol–water partition coefficient (Wildman–Crippen LogP) is 2.16. The first-order chi connectivity index (χ1) is 9.49. The van der Waals surface area contributed by atoms with Crippen molar-refractivity contribution in [2.45, 2.75) is 19.4 Å². The maximum Gasteiger partial charge on any atom is 0.328 e. The number of esters is 1. The van der Waals surface area contributed by atoms with Gasteiger partial charge in [0.25, 0.3) is 5.91 Å². The number of ether oxygens (including phenoxy) is 1. The van der Waals surface area contributed by atoms with Gasteiger partial charge in [0.2, 0.25) is 0 Å². The first-order valence-electron chi connectivity index (χ1n) is 6.02. The van der Waals surface area contributed by atoms with Gasteiger partial charge in [-0.05, 0) is 25.5 Å². The molecule has 1 amide bonds. The first-order valence-corrected chi connectivity index (χ1v) is 6.40. The van der Waals surface area contributed by atoms with Gasteiger partial charge in [0.15, 0.2) is 0 Å². The van der Waals surface area contributed by atoms with Crippen LogP contribution in [0.25, 0.3) is 0 Å². The van der Waals surface area contributed by atoms with Crippen molar-refractivity contribution in [1.29, 1.82) is 5.26 Å². The van der Waals surface area contributed by atoms with E-state index in [1.807, 2.05) is 6.07 Å². The number of benzene rings is 1. The summed E-state index contributed by atoms with van der Waals surface area (Å²) < 4.78 is 4.63. The Morgan fingerprint density at radius 2 is 2.10 bits per heavy atom. The van der Waals surface area contributed by atoms with Crippen LogP contribution in [0.3, 0.4) is 0 Å². The summed E-state index contributed by atoms with van der Waals surface area (Å²) in [5.41, 5.74) is 0.271. The number of nitriles is 1. The maximum atomic E-state index is 12.1. The Morgan fingerprint density at radius 1 is 1.45 bits per heavy atom. The smallest absolute Gasteiger partial charge is 0.328 e. The zero-order chi connectivity index (χ0) is 15.1. The van der Waals surface area contributed by atoms with Crippen LogP contribution < -0.4 is 5.32 Å². The normalized spacial score (nSPS) is 12.9. The van der Waals surface area contributed by atoms with E-state index in [1.165, 1.54) is 7.11 Å². The second kappa shape index (κ2) is 7.51. The second-order valence-corrected chi connectivity index (χ2v) is 4.70. The van der Waals surface area contributed by atoms with Crippen molar-refractivity contribution in [2.75, 3.05) is 7.11 Å². The molecule has 0 saturated carbocycles. The van der Waals surface area contributed by atoms with Crippen molar-refractivity contribution in [1.82, 2.24) is 5.32 Å². The second-order valence-electron chi connectivity index (χ2n) is 4.29. The summed E-state index contributed by atoms with van der Waals surface area (Å²) in [6.45, 7) is 1.66. The summed E-state index contributed by atoms with van der Waals surface area (Å²) in [4.78, 5) is 23.7. The number of rotatable bonds is 5. The molecule has 0 spiro atoms. The van der Waals surface area contributed by atoms with Gasteiger partial charge in [-0.25, -0.2) is 4.79 Å². The molecule has 0 saturated heterocycles. The molecule has 0 fully saturated rings. The molecule has 5 nitrogen and oxygen atoms in total. The number of hydrogen-bond acceptors (Lipinski definition) is 4. The molecule has 106 valence electrons. The average molecular weight is 295 g/mol. The molecule has 2 atom stereocenters. The van der Waals surface area contributed by atoms with Crippen LogP contribution >= 0.6 is 11.6 Å². The quantitative estimate of drug-likeness (QED) is 0.844. The zero-order valence-corrected chi connectivity index (χ0v) is 12.0. The molecule has 0 aromatic heterocycles.